The average molecular weight is 326 g/mol. The van der Waals surface area contributed by atoms with Gasteiger partial charge < -0.3 is 16.4 Å². The molecule has 0 aromatic carbocycles. The van der Waals surface area contributed by atoms with Gasteiger partial charge in [-0.2, -0.15) is 11.8 Å². The van der Waals surface area contributed by atoms with Crippen LogP contribution in [0.25, 0.3) is 0 Å². The quantitative estimate of drug-likeness (QED) is 0.749. The number of nitrogens with two attached hydrogens (primary N) is 1. The number of nitrogens with zero attached hydrogens (tertiary/aromatic N) is 1. The number of carbonyl (C=O) groups is 1. The zero-order valence-corrected chi connectivity index (χ0v) is 13.9. The highest BCUT2D eigenvalue weighted by atomic mass is 32.2. The Labute approximate surface area is 133 Å². The van der Waals surface area contributed by atoms with E-state index in [1.807, 2.05) is 11.8 Å². The fourth-order valence-electron chi connectivity index (χ4n) is 2.67. The molecule has 2 aliphatic rings. The number of nitrogens with one attached hydrogen (secondary N) is 2. The van der Waals surface area contributed by atoms with Crippen molar-refractivity contribution in [1.82, 2.24) is 10.3 Å². The fraction of sp³-hybridized carbons (Fsp3) is 0.714. The largest absolute Gasteiger partial charge is 0.382 e. The normalized spacial score (nSPS) is 25.0. The lowest BCUT2D eigenvalue weighted by molar-refractivity contribution is 0.0943. The Hall–Kier alpha value is -0.950. The van der Waals surface area contributed by atoms with Crippen LogP contribution in [0.4, 0.5) is 10.9 Å². The van der Waals surface area contributed by atoms with Crippen molar-refractivity contribution >= 4 is 40.0 Å². The molecule has 1 aromatic heterocycles. The van der Waals surface area contributed by atoms with Crippen LogP contribution in [0, 0.1) is 0 Å². The van der Waals surface area contributed by atoms with Crippen LogP contribution in [0.3, 0.4) is 0 Å². The molecule has 0 aliphatic heterocycles. The van der Waals surface area contributed by atoms with Gasteiger partial charge in [0.15, 0.2) is 5.13 Å². The molecule has 2 aliphatic carbocycles. The van der Waals surface area contributed by atoms with E-state index in [4.69, 9.17) is 5.73 Å². The van der Waals surface area contributed by atoms with E-state index in [-0.39, 0.29) is 11.9 Å². The Morgan fingerprint density at radius 3 is 2.86 bits per heavy atom. The molecule has 116 valence electrons. The molecule has 1 aromatic rings. The highest BCUT2D eigenvalue weighted by Gasteiger charge is 2.28. The maximum atomic E-state index is 12.3. The van der Waals surface area contributed by atoms with Crippen LogP contribution in [0.15, 0.2) is 0 Å². The minimum absolute atomic E-state index is 0.0685. The second-order valence-electron chi connectivity index (χ2n) is 5.71. The maximum absolute atomic E-state index is 12.3. The molecule has 2 unspecified atom stereocenters. The van der Waals surface area contributed by atoms with Gasteiger partial charge in [-0.1, -0.05) is 18.3 Å². The van der Waals surface area contributed by atoms with Gasteiger partial charge in [-0.25, -0.2) is 4.98 Å². The standard InChI is InChI=1S/C14H22N4OS2/c1-2-20-10-6-5-9(7-10)16-13(19)11-12(15)18-14(21-11)17-8-3-4-8/h8-10H,2-7,15H2,1H3,(H,16,19)(H,17,18). The van der Waals surface area contributed by atoms with E-state index in [1.165, 1.54) is 30.6 Å². The molecular weight excluding hydrogens is 304 g/mol. The maximum Gasteiger partial charge on any atom is 0.265 e. The van der Waals surface area contributed by atoms with Gasteiger partial charge in [0.05, 0.1) is 0 Å². The summed E-state index contributed by atoms with van der Waals surface area (Å²) in [5.41, 5.74) is 5.88. The third kappa shape index (κ3) is 3.83. The molecule has 7 heteroatoms. The number of amides is 1. The van der Waals surface area contributed by atoms with Crippen molar-refractivity contribution in [3.05, 3.63) is 4.88 Å². The van der Waals surface area contributed by atoms with Crippen molar-refractivity contribution in [3.63, 3.8) is 0 Å². The number of nitrogen functional groups attached to an aromatic ring is 1. The highest BCUT2D eigenvalue weighted by molar-refractivity contribution is 7.99. The van der Waals surface area contributed by atoms with E-state index in [9.17, 15) is 4.79 Å². The Bertz CT molecular complexity index is 515. The lowest BCUT2D eigenvalue weighted by Crippen LogP contribution is -2.33. The number of hydrogen-bond donors (Lipinski definition) is 3. The lowest BCUT2D eigenvalue weighted by Gasteiger charge is -2.12. The molecule has 2 fully saturated rings. The first-order valence-electron chi connectivity index (χ1n) is 7.61. The van der Waals surface area contributed by atoms with Crippen molar-refractivity contribution in [1.29, 1.82) is 0 Å². The topological polar surface area (TPSA) is 80.0 Å². The second-order valence-corrected chi connectivity index (χ2v) is 8.29. The summed E-state index contributed by atoms with van der Waals surface area (Å²) in [6.07, 6.45) is 5.68. The predicted octanol–water partition coefficient (Wildman–Crippen LogP) is 2.70. The third-order valence-electron chi connectivity index (χ3n) is 3.89. The van der Waals surface area contributed by atoms with E-state index in [0.29, 0.717) is 22.0 Å². The molecule has 21 heavy (non-hydrogen) atoms. The first-order chi connectivity index (χ1) is 10.2. The van der Waals surface area contributed by atoms with Crippen LogP contribution in [0.5, 0.6) is 0 Å². The van der Waals surface area contributed by atoms with Crippen molar-refractivity contribution in [2.75, 3.05) is 16.8 Å². The lowest BCUT2D eigenvalue weighted by atomic mass is 10.2. The molecule has 5 nitrogen and oxygen atoms in total. The van der Waals surface area contributed by atoms with Gasteiger partial charge in [0.2, 0.25) is 0 Å². The van der Waals surface area contributed by atoms with Crippen molar-refractivity contribution in [2.45, 2.75) is 56.4 Å². The summed E-state index contributed by atoms with van der Waals surface area (Å²) in [6.45, 7) is 2.18. The first kappa shape index (κ1) is 15.0. The van der Waals surface area contributed by atoms with E-state index >= 15 is 0 Å². The van der Waals surface area contributed by atoms with Crippen LogP contribution in [0.2, 0.25) is 0 Å². The van der Waals surface area contributed by atoms with Gasteiger partial charge in [0.25, 0.3) is 5.91 Å². The summed E-state index contributed by atoms with van der Waals surface area (Å²) in [6, 6.07) is 0.802. The number of aromatic nitrogens is 1. The Morgan fingerprint density at radius 2 is 2.14 bits per heavy atom. The van der Waals surface area contributed by atoms with Gasteiger partial charge in [0, 0.05) is 17.3 Å². The van der Waals surface area contributed by atoms with Crippen LogP contribution < -0.4 is 16.4 Å². The Morgan fingerprint density at radius 1 is 1.38 bits per heavy atom. The number of carbonyl (C=O) groups excluding carboxylic acids is 1. The summed E-state index contributed by atoms with van der Waals surface area (Å²) in [5, 5.41) is 7.87. The van der Waals surface area contributed by atoms with E-state index < -0.39 is 0 Å². The van der Waals surface area contributed by atoms with Gasteiger partial charge >= 0.3 is 0 Å². The molecule has 0 radical (unpaired) electrons. The van der Waals surface area contributed by atoms with Gasteiger partial charge in [-0.15, -0.1) is 0 Å². The number of rotatable bonds is 6. The molecule has 2 atom stereocenters. The van der Waals surface area contributed by atoms with E-state index in [1.54, 1.807) is 0 Å². The third-order valence-corrected chi connectivity index (χ3v) is 6.12. The van der Waals surface area contributed by atoms with Crippen LogP contribution in [0.1, 0.15) is 48.7 Å². The smallest absolute Gasteiger partial charge is 0.265 e. The second kappa shape index (κ2) is 6.44. The summed E-state index contributed by atoms with van der Waals surface area (Å²) in [7, 11) is 0. The van der Waals surface area contributed by atoms with Crippen molar-refractivity contribution < 1.29 is 4.79 Å². The van der Waals surface area contributed by atoms with E-state index in [0.717, 1.165) is 23.7 Å². The SMILES string of the molecule is CCSC1CCC(NC(=O)c2sc(NC3CC3)nc2N)C1. The number of anilines is 2. The molecular formula is C14H22N4OS2. The van der Waals surface area contributed by atoms with Crippen molar-refractivity contribution in [2.24, 2.45) is 0 Å². The molecule has 3 rings (SSSR count). The van der Waals surface area contributed by atoms with Gasteiger partial charge in [-0.3, -0.25) is 4.79 Å². The molecule has 0 spiro atoms. The zero-order chi connectivity index (χ0) is 14.8. The summed E-state index contributed by atoms with van der Waals surface area (Å²) in [5.74, 6) is 1.42. The van der Waals surface area contributed by atoms with Crippen LogP contribution in [-0.4, -0.2) is 34.0 Å². The minimum atomic E-state index is -0.0685. The van der Waals surface area contributed by atoms with Crippen LogP contribution >= 0.6 is 23.1 Å². The Kier molecular flexibility index (Phi) is 4.59. The summed E-state index contributed by atoms with van der Waals surface area (Å²) in [4.78, 5) is 17.1. The molecule has 2 saturated carbocycles. The summed E-state index contributed by atoms with van der Waals surface area (Å²) < 4.78 is 0. The predicted molar refractivity (Wildman–Crippen MR) is 90.2 cm³/mol. The fourth-order valence-corrected chi connectivity index (χ4v) is 4.68. The molecule has 0 bridgehead atoms. The molecule has 1 heterocycles. The summed E-state index contributed by atoms with van der Waals surface area (Å²) >= 11 is 3.36. The van der Waals surface area contributed by atoms with Crippen molar-refractivity contribution in [3.8, 4) is 0 Å². The molecule has 4 N–H and O–H groups in total. The minimum Gasteiger partial charge on any atom is -0.382 e. The number of thiazole rings is 1. The van der Waals surface area contributed by atoms with Gasteiger partial charge in [0.1, 0.15) is 10.7 Å². The average Bonchev–Trinajstić information content (AvgIpc) is 3.02. The number of hydrogen-bond acceptors (Lipinski definition) is 6. The highest BCUT2D eigenvalue weighted by Crippen LogP contribution is 2.32. The number of thioether (sulfide) groups is 1. The molecule has 0 saturated heterocycles. The van der Waals surface area contributed by atoms with E-state index in [2.05, 4.69) is 22.5 Å². The molecule has 1 amide bonds. The van der Waals surface area contributed by atoms with Crippen LogP contribution in [-0.2, 0) is 0 Å². The van der Waals surface area contributed by atoms with Gasteiger partial charge in [-0.05, 0) is 37.9 Å². The zero-order valence-electron chi connectivity index (χ0n) is 12.2. The first-order valence-corrected chi connectivity index (χ1v) is 9.47. The Balaban J connectivity index is 1.56. The monoisotopic (exact) mass is 326 g/mol.